The van der Waals surface area contributed by atoms with Crippen molar-refractivity contribution in [1.82, 2.24) is 10.2 Å². The number of hydrogen-bond donors (Lipinski definition) is 1. The average Bonchev–Trinajstić information content (AvgIpc) is 3.10. The van der Waals surface area contributed by atoms with Gasteiger partial charge in [0.2, 0.25) is 17.7 Å². The summed E-state index contributed by atoms with van der Waals surface area (Å²) < 4.78 is 5.64. The highest BCUT2D eigenvalue weighted by Crippen LogP contribution is 2.19. The highest BCUT2D eigenvalue weighted by Gasteiger charge is 2.10. The molecule has 0 saturated carbocycles. The van der Waals surface area contributed by atoms with Gasteiger partial charge in [-0.15, -0.1) is 10.2 Å². The van der Waals surface area contributed by atoms with Crippen molar-refractivity contribution in [2.24, 2.45) is 0 Å². The van der Waals surface area contributed by atoms with E-state index in [4.69, 9.17) is 4.42 Å². The maximum Gasteiger partial charge on any atom is 0.247 e. The van der Waals surface area contributed by atoms with Gasteiger partial charge in [0.1, 0.15) is 0 Å². The standard InChI is InChI=1S/C20H21N3O2/c1-3-15-6-10-17(11-7-15)21-18(24)12-13-19-22-23-20(25-19)16-8-4-14(2)5-9-16/h4-11H,3,12-13H2,1-2H3,(H,21,24). The molecule has 2 aromatic carbocycles. The van der Waals surface area contributed by atoms with E-state index >= 15 is 0 Å². The van der Waals surface area contributed by atoms with Gasteiger partial charge in [0.15, 0.2) is 0 Å². The predicted octanol–water partition coefficient (Wildman–Crippen LogP) is 4.18. The first-order valence-electron chi connectivity index (χ1n) is 8.42. The van der Waals surface area contributed by atoms with Crippen LogP contribution in [0.1, 0.15) is 30.4 Å². The van der Waals surface area contributed by atoms with Crippen LogP contribution in [0.4, 0.5) is 5.69 Å². The van der Waals surface area contributed by atoms with Gasteiger partial charge in [-0.1, -0.05) is 36.8 Å². The Morgan fingerprint density at radius 1 is 1.04 bits per heavy atom. The van der Waals surface area contributed by atoms with Crippen LogP contribution in [0.15, 0.2) is 52.9 Å². The van der Waals surface area contributed by atoms with Crippen LogP contribution in [0.25, 0.3) is 11.5 Å². The van der Waals surface area contributed by atoms with E-state index in [-0.39, 0.29) is 5.91 Å². The van der Waals surface area contributed by atoms with Crippen molar-refractivity contribution >= 4 is 11.6 Å². The number of nitrogens with one attached hydrogen (secondary N) is 1. The first-order valence-corrected chi connectivity index (χ1v) is 8.42. The van der Waals surface area contributed by atoms with E-state index in [9.17, 15) is 4.79 Å². The largest absolute Gasteiger partial charge is 0.421 e. The molecule has 25 heavy (non-hydrogen) atoms. The summed E-state index contributed by atoms with van der Waals surface area (Å²) in [6.07, 6.45) is 1.69. The minimum absolute atomic E-state index is 0.0701. The zero-order valence-electron chi connectivity index (χ0n) is 14.5. The van der Waals surface area contributed by atoms with E-state index in [2.05, 4.69) is 22.4 Å². The molecule has 5 nitrogen and oxygen atoms in total. The van der Waals surface area contributed by atoms with Crippen molar-refractivity contribution < 1.29 is 9.21 Å². The molecule has 0 atom stereocenters. The Morgan fingerprint density at radius 3 is 2.44 bits per heavy atom. The summed E-state index contributed by atoms with van der Waals surface area (Å²) in [5.74, 6) is 0.872. The van der Waals surface area contributed by atoms with E-state index in [1.807, 2.05) is 55.5 Å². The first-order chi connectivity index (χ1) is 12.1. The van der Waals surface area contributed by atoms with Gasteiger partial charge in [0.05, 0.1) is 0 Å². The Hall–Kier alpha value is -2.95. The van der Waals surface area contributed by atoms with Gasteiger partial charge >= 0.3 is 0 Å². The fourth-order valence-corrected chi connectivity index (χ4v) is 2.44. The molecule has 0 aliphatic rings. The van der Waals surface area contributed by atoms with Crippen molar-refractivity contribution in [3.05, 3.63) is 65.5 Å². The molecule has 1 heterocycles. The summed E-state index contributed by atoms with van der Waals surface area (Å²) in [6, 6.07) is 15.7. The van der Waals surface area contributed by atoms with Gasteiger partial charge in [-0.2, -0.15) is 0 Å². The molecule has 0 spiro atoms. The third kappa shape index (κ3) is 4.53. The molecule has 128 valence electrons. The van der Waals surface area contributed by atoms with Crippen LogP contribution >= 0.6 is 0 Å². The van der Waals surface area contributed by atoms with Crippen molar-refractivity contribution in [2.75, 3.05) is 5.32 Å². The summed E-state index contributed by atoms with van der Waals surface area (Å²) in [5.41, 5.74) is 4.09. The first kappa shape index (κ1) is 16.9. The summed E-state index contributed by atoms with van der Waals surface area (Å²) >= 11 is 0. The predicted molar refractivity (Wildman–Crippen MR) is 97.2 cm³/mol. The number of carbonyl (C=O) groups is 1. The van der Waals surface area contributed by atoms with Crippen LogP contribution in [0.5, 0.6) is 0 Å². The van der Waals surface area contributed by atoms with E-state index < -0.39 is 0 Å². The number of amides is 1. The number of carbonyl (C=O) groups excluding carboxylic acids is 1. The Labute approximate surface area is 147 Å². The Kier molecular flexibility index (Phi) is 5.23. The molecule has 0 saturated heterocycles. The Bertz CT molecular complexity index is 836. The minimum atomic E-state index is -0.0701. The fraction of sp³-hybridized carbons (Fsp3) is 0.250. The maximum absolute atomic E-state index is 12.1. The maximum atomic E-state index is 12.1. The van der Waals surface area contributed by atoms with Crippen molar-refractivity contribution in [1.29, 1.82) is 0 Å². The molecular weight excluding hydrogens is 314 g/mol. The van der Waals surface area contributed by atoms with Gasteiger partial charge in [0.25, 0.3) is 0 Å². The van der Waals surface area contributed by atoms with Crippen molar-refractivity contribution in [3.63, 3.8) is 0 Å². The van der Waals surface area contributed by atoms with Crippen LogP contribution in [0, 0.1) is 6.92 Å². The second-order valence-corrected chi connectivity index (χ2v) is 5.97. The molecule has 0 aliphatic carbocycles. The SMILES string of the molecule is CCc1ccc(NC(=O)CCc2nnc(-c3ccc(C)cc3)o2)cc1. The zero-order chi connectivity index (χ0) is 17.6. The molecule has 1 amide bonds. The number of benzene rings is 2. The summed E-state index contributed by atoms with van der Waals surface area (Å²) in [6.45, 7) is 4.13. The van der Waals surface area contributed by atoms with Crippen molar-refractivity contribution in [3.8, 4) is 11.5 Å². The van der Waals surface area contributed by atoms with Crippen LogP contribution in [0.2, 0.25) is 0 Å². The lowest BCUT2D eigenvalue weighted by molar-refractivity contribution is -0.116. The van der Waals surface area contributed by atoms with Gasteiger partial charge in [-0.3, -0.25) is 4.79 Å². The second-order valence-electron chi connectivity index (χ2n) is 5.97. The van der Waals surface area contributed by atoms with Crippen LogP contribution in [-0.2, 0) is 17.6 Å². The van der Waals surface area contributed by atoms with Crippen LogP contribution in [0.3, 0.4) is 0 Å². The van der Waals surface area contributed by atoms with Gasteiger partial charge in [0, 0.05) is 24.1 Å². The lowest BCUT2D eigenvalue weighted by atomic mass is 10.1. The number of aromatic nitrogens is 2. The molecule has 0 radical (unpaired) electrons. The molecule has 3 rings (SSSR count). The van der Waals surface area contributed by atoms with Crippen LogP contribution in [-0.4, -0.2) is 16.1 Å². The molecule has 5 heteroatoms. The Morgan fingerprint density at radius 2 is 1.76 bits per heavy atom. The smallest absolute Gasteiger partial charge is 0.247 e. The summed E-state index contributed by atoms with van der Waals surface area (Å²) in [5, 5.41) is 10.9. The minimum Gasteiger partial charge on any atom is -0.421 e. The molecule has 0 aliphatic heterocycles. The summed E-state index contributed by atoms with van der Waals surface area (Å²) in [7, 11) is 0. The molecule has 0 fully saturated rings. The van der Waals surface area contributed by atoms with E-state index in [0.29, 0.717) is 24.6 Å². The van der Waals surface area contributed by atoms with E-state index in [0.717, 1.165) is 17.7 Å². The number of rotatable bonds is 6. The number of anilines is 1. The highest BCUT2D eigenvalue weighted by atomic mass is 16.4. The van der Waals surface area contributed by atoms with Gasteiger partial charge in [-0.25, -0.2) is 0 Å². The molecule has 3 aromatic rings. The summed E-state index contributed by atoms with van der Waals surface area (Å²) in [4.78, 5) is 12.1. The van der Waals surface area contributed by atoms with Gasteiger partial charge < -0.3 is 9.73 Å². The third-order valence-corrected chi connectivity index (χ3v) is 3.98. The van der Waals surface area contributed by atoms with Gasteiger partial charge in [-0.05, 0) is 43.2 Å². The lowest BCUT2D eigenvalue weighted by Crippen LogP contribution is -2.12. The zero-order valence-corrected chi connectivity index (χ0v) is 14.5. The topological polar surface area (TPSA) is 68.0 Å². The number of aryl methyl sites for hydroxylation is 3. The van der Waals surface area contributed by atoms with Crippen LogP contribution < -0.4 is 5.32 Å². The third-order valence-electron chi connectivity index (χ3n) is 3.98. The quantitative estimate of drug-likeness (QED) is 0.734. The molecule has 0 bridgehead atoms. The monoisotopic (exact) mass is 335 g/mol. The fourth-order valence-electron chi connectivity index (χ4n) is 2.44. The Balaban J connectivity index is 1.54. The molecule has 1 N–H and O–H groups in total. The molecule has 0 unspecified atom stereocenters. The number of hydrogen-bond acceptors (Lipinski definition) is 4. The molecular formula is C20H21N3O2. The van der Waals surface area contributed by atoms with E-state index in [1.54, 1.807) is 0 Å². The highest BCUT2D eigenvalue weighted by molar-refractivity contribution is 5.90. The van der Waals surface area contributed by atoms with E-state index in [1.165, 1.54) is 11.1 Å². The lowest BCUT2D eigenvalue weighted by Gasteiger charge is -2.05. The van der Waals surface area contributed by atoms with Crippen molar-refractivity contribution in [2.45, 2.75) is 33.1 Å². The normalized spacial score (nSPS) is 10.6. The number of nitrogens with zero attached hydrogens (tertiary/aromatic N) is 2. The molecule has 1 aromatic heterocycles. The average molecular weight is 335 g/mol. The second kappa shape index (κ2) is 7.75.